The maximum absolute atomic E-state index is 11.9. The first-order chi connectivity index (χ1) is 10.7. The standard InChI is InChI=1S/C16H24N2O4/c1-20-12-9-13(21-2)11-14(10-12)22-8-7-18-16(19)15-5-3-4-6-17-15/h9-11,15,17H,3-8H2,1-2H3,(H,18,19). The van der Waals surface area contributed by atoms with Gasteiger partial charge < -0.3 is 24.8 Å². The Balaban J connectivity index is 1.75. The number of carbonyl (C=O) groups is 1. The fourth-order valence-electron chi connectivity index (χ4n) is 2.41. The normalized spacial score (nSPS) is 17.6. The summed E-state index contributed by atoms with van der Waals surface area (Å²) in [7, 11) is 3.19. The number of amides is 1. The van der Waals surface area contributed by atoms with E-state index < -0.39 is 0 Å². The molecule has 1 aliphatic rings. The van der Waals surface area contributed by atoms with E-state index >= 15 is 0 Å². The van der Waals surface area contributed by atoms with Gasteiger partial charge in [-0.3, -0.25) is 4.79 Å². The molecule has 22 heavy (non-hydrogen) atoms. The van der Waals surface area contributed by atoms with E-state index in [9.17, 15) is 4.79 Å². The van der Waals surface area contributed by atoms with E-state index in [1.165, 1.54) is 0 Å². The molecule has 2 rings (SSSR count). The molecule has 6 heteroatoms. The summed E-state index contributed by atoms with van der Waals surface area (Å²) in [6.07, 6.45) is 3.15. The van der Waals surface area contributed by atoms with Crippen LogP contribution in [0.3, 0.4) is 0 Å². The van der Waals surface area contributed by atoms with Gasteiger partial charge in [-0.15, -0.1) is 0 Å². The molecule has 0 aromatic heterocycles. The maximum Gasteiger partial charge on any atom is 0.237 e. The van der Waals surface area contributed by atoms with Crippen LogP contribution in [-0.4, -0.2) is 45.9 Å². The van der Waals surface area contributed by atoms with Gasteiger partial charge in [-0.1, -0.05) is 6.42 Å². The fraction of sp³-hybridized carbons (Fsp3) is 0.562. The van der Waals surface area contributed by atoms with Crippen molar-refractivity contribution in [2.45, 2.75) is 25.3 Å². The number of carbonyl (C=O) groups excluding carboxylic acids is 1. The molecular weight excluding hydrogens is 284 g/mol. The molecule has 0 aliphatic carbocycles. The van der Waals surface area contributed by atoms with Gasteiger partial charge in [0, 0.05) is 18.2 Å². The Morgan fingerprint density at radius 1 is 1.18 bits per heavy atom. The predicted molar refractivity (Wildman–Crippen MR) is 83.7 cm³/mol. The zero-order valence-corrected chi connectivity index (χ0v) is 13.2. The van der Waals surface area contributed by atoms with Crippen LogP contribution in [0.25, 0.3) is 0 Å². The zero-order chi connectivity index (χ0) is 15.8. The summed E-state index contributed by atoms with van der Waals surface area (Å²) in [6, 6.07) is 5.29. The van der Waals surface area contributed by atoms with Gasteiger partial charge >= 0.3 is 0 Å². The molecular formula is C16H24N2O4. The van der Waals surface area contributed by atoms with Crippen LogP contribution in [0.15, 0.2) is 18.2 Å². The quantitative estimate of drug-likeness (QED) is 0.744. The Kier molecular flexibility index (Phi) is 6.33. The Bertz CT molecular complexity index is 465. The van der Waals surface area contributed by atoms with Gasteiger partial charge in [-0.2, -0.15) is 0 Å². The molecule has 1 aliphatic heterocycles. The summed E-state index contributed by atoms with van der Waals surface area (Å²) in [5.74, 6) is 2.04. The van der Waals surface area contributed by atoms with Crippen molar-refractivity contribution in [3.8, 4) is 17.2 Å². The molecule has 0 spiro atoms. The fourth-order valence-corrected chi connectivity index (χ4v) is 2.41. The van der Waals surface area contributed by atoms with Gasteiger partial charge in [0.25, 0.3) is 0 Å². The molecule has 122 valence electrons. The van der Waals surface area contributed by atoms with Crippen LogP contribution in [0.1, 0.15) is 19.3 Å². The number of hydrogen-bond donors (Lipinski definition) is 2. The lowest BCUT2D eigenvalue weighted by molar-refractivity contribution is -0.123. The summed E-state index contributed by atoms with van der Waals surface area (Å²) in [6.45, 7) is 1.78. The summed E-state index contributed by atoms with van der Waals surface area (Å²) in [5.41, 5.74) is 0. The highest BCUT2D eigenvalue weighted by Gasteiger charge is 2.19. The lowest BCUT2D eigenvalue weighted by Crippen LogP contribution is -2.47. The van der Waals surface area contributed by atoms with E-state index in [0.717, 1.165) is 25.8 Å². The number of hydrogen-bond acceptors (Lipinski definition) is 5. The van der Waals surface area contributed by atoms with Crippen molar-refractivity contribution in [1.29, 1.82) is 0 Å². The highest BCUT2D eigenvalue weighted by molar-refractivity contribution is 5.81. The largest absolute Gasteiger partial charge is 0.496 e. The molecule has 1 fully saturated rings. The number of methoxy groups -OCH3 is 2. The molecule has 6 nitrogen and oxygen atoms in total. The SMILES string of the molecule is COc1cc(OC)cc(OCCNC(=O)C2CCCCN2)c1. The van der Waals surface area contributed by atoms with Crippen molar-refractivity contribution >= 4 is 5.91 Å². The monoisotopic (exact) mass is 308 g/mol. The van der Waals surface area contributed by atoms with Gasteiger partial charge in [-0.05, 0) is 19.4 Å². The van der Waals surface area contributed by atoms with Crippen LogP contribution in [0.2, 0.25) is 0 Å². The third kappa shape index (κ3) is 4.80. The molecule has 1 amide bonds. The number of rotatable bonds is 7. The van der Waals surface area contributed by atoms with Gasteiger partial charge in [0.1, 0.15) is 23.9 Å². The van der Waals surface area contributed by atoms with E-state index in [2.05, 4.69) is 10.6 Å². The number of nitrogens with one attached hydrogen (secondary N) is 2. The van der Waals surface area contributed by atoms with Crippen LogP contribution >= 0.6 is 0 Å². The molecule has 0 saturated carbocycles. The van der Waals surface area contributed by atoms with E-state index in [1.807, 2.05) is 0 Å². The van der Waals surface area contributed by atoms with Crippen LogP contribution in [0, 0.1) is 0 Å². The lowest BCUT2D eigenvalue weighted by Gasteiger charge is -2.22. The van der Waals surface area contributed by atoms with Crippen LogP contribution in [0.4, 0.5) is 0 Å². The Morgan fingerprint density at radius 3 is 2.45 bits per heavy atom. The average Bonchev–Trinajstić information content (AvgIpc) is 2.58. The van der Waals surface area contributed by atoms with Crippen LogP contribution < -0.4 is 24.8 Å². The summed E-state index contributed by atoms with van der Waals surface area (Å²) < 4.78 is 16.0. The van der Waals surface area contributed by atoms with Gasteiger partial charge in [-0.25, -0.2) is 0 Å². The van der Waals surface area contributed by atoms with Gasteiger partial charge in [0.15, 0.2) is 0 Å². The number of benzene rings is 1. The molecule has 1 atom stereocenters. The second-order valence-corrected chi connectivity index (χ2v) is 5.19. The molecule has 2 N–H and O–H groups in total. The van der Waals surface area contributed by atoms with Crippen molar-refractivity contribution < 1.29 is 19.0 Å². The molecule has 0 radical (unpaired) electrons. The third-order valence-corrected chi connectivity index (χ3v) is 3.62. The molecule has 1 saturated heterocycles. The smallest absolute Gasteiger partial charge is 0.237 e. The van der Waals surface area contributed by atoms with Crippen molar-refractivity contribution in [1.82, 2.24) is 10.6 Å². The first-order valence-corrected chi connectivity index (χ1v) is 7.60. The topological polar surface area (TPSA) is 68.8 Å². The zero-order valence-electron chi connectivity index (χ0n) is 13.2. The highest BCUT2D eigenvalue weighted by Crippen LogP contribution is 2.27. The maximum atomic E-state index is 11.9. The molecule has 1 aromatic rings. The predicted octanol–water partition coefficient (Wildman–Crippen LogP) is 1.34. The van der Waals surface area contributed by atoms with E-state index in [4.69, 9.17) is 14.2 Å². The summed E-state index contributed by atoms with van der Waals surface area (Å²) >= 11 is 0. The minimum atomic E-state index is -0.0642. The van der Waals surface area contributed by atoms with Crippen LogP contribution in [-0.2, 0) is 4.79 Å². The van der Waals surface area contributed by atoms with E-state index in [1.54, 1.807) is 32.4 Å². The minimum Gasteiger partial charge on any atom is -0.496 e. The second kappa shape index (κ2) is 8.48. The van der Waals surface area contributed by atoms with Crippen LogP contribution in [0.5, 0.6) is 17.2 Å². The summed E-state index contributed by atoms with van der Waals surface area (Å²) in [4.78, 5) is 11.9. The molecule has 1 unspecified atom stereocenters. The Labute approximate surface area is 131 Å². The van der Waals surface area contributed by atoms with Crippen molar-refractivity contribution in [2.24, 2.45) is 0 Å². The van der Waals surface area contributed by atoms with Crippen molar-refractivity contribution in [3.05, 3.63) is 18.2 Å². The van der Waals surface area contributed by atoms with Gasteiger partial charge in [0.2, 0.25) is 5.91 Å². The highest BCUT2D eigenvalue weighted by atomic mass is 16.5. The molecule has 1 heterocycles. The Morgan fingerprint density at radius 2 is 1.86 bits per heavy atom. The van der Waals surface area contributed by atoms with E-state index in [-0.39, 0.29) is 11.9 Å². The first-order valence-electron chi connectivity index (χ1n) is 7.60. The average molecular weight is 308 g/mol. The Hall–Kier alpha value is -1.95. The number of ether oxygens (including phenoxy) is 3. The number of piperidine rings is 1. The van der Waals surface area contributed by atoms with Gasteiger partial charge in [0.05, 0.1) is 26.8 Å². The third-order valence-electron chi connectivity index (χ3n) is 3.62. The molecule has 0 bridgehead atoms. The molecule has 1 aromatic carbocycles. The van der Waals surface area contributed by atoms with Crippen molar-refractivity contribution in [2.75, 3.05) is 33.9 Å². The van der Waals surface area contributed by atoms with E-state index in [0.29, 0.717) is 30.4 Å². The second-order valence-electron chi connectivity index (χ2n) is 5.19. The minimum absolute atomic E-state index is 0.0477. The lowest BCUT2D eigenvalue weighted by atomic mass is 10.0. The summed E-state index contributed by atoms with van der Waals surface area (Å²) in [5, 5.41) is 6.11. The first kappa shape index (κ1) is 16.4. The van der Waals surface area contributed by atoms with Crippen molar-refractivity contribution in [3.63, 3.8) is 0 Å².